The van der Waals surface area contributed by atoms with Crippen LogP contribution in [-0.2, 0) is 0 Å². The summed E-state index contributed by atoms with van der Waals surface area (Å²) in [7, 11) is 0. The van der Waals surface area contributed by atoms with E-state index < -0.39 is 0 Å². The number of nitrogens with one attached hydrogen (secondary N) is 1. The number of hydrogen-bond donors (Lipinski definition) is 1. The molecule has 2 aliphatic rings. The standard InChI is InChI=1S/C17H25ClN4O.HI/c1-2-19-16(22-11-8-17(13-22)6-4-7-17)21-10-12-23-15-14(18)5-3-9-20-15;/h3,5,9H,2,4,6-8,10-13H2,1H3,(H,19,21);1H. The van der Waals surface area contributed by atoms with Crippen LogP contribution in [0.5, 0.6) is 5.88 Å². The van der Waals surface area contributed by atoms with Crippen molar-refractivity contribution in [3.8, 4) is 5.88 Å². The van der Waals surface area contributed by atoms with Gasteiger partial charge in [0.2, 0.25) is 5.88 Å². The van der Waals surface area contributed by atoms with E-state index in [1.807, 2.05) is 0 Å². The van der Waals surface area contributed by atoms with Gasteiger partial charge in [0.25, 0.3) is 0 Å². The fourth-order valence-corrected chi connectivity index (χ4v) is 3.57. The average molecular weight is 465 g/mol. The highest BCUT2D eigenvalue weighted by Crippen LogP contribution is 2.47. The van der Waals surface area contributed by atoms with E-state index in [0.717, 1.165) is 25.6 Å². The maximum Gasteiger partial charge on any atom is 0.232 e. The van der Waals surface area contributed by atoms with Gasteiger partial charge < -0.3 is 15.0 Å². The van der Waals surface area contributed by atoms with Crippen molar-refractivity contribution in [3.63, 3.8) is 0 Å². The van der Waals surface area contributed by atoms with E-state index in [4.69, 9.17) is 21.3 Å². The van der Waals surface area contributed by atoms with Crippen molar-refractivity contribution in [2.75, 3.05) is 32.8 Å². The van der Waals surface area contributed by atoms with Gasteiger partial charge in [-0.15, -0.1) is 24.0 Å². The molecule has 7 heteroatoms. The van der Waals surface area contributed by atoms with Crippen LogP contribution in [0.3, 0.4) is 0 Å². The van der Waals surface area contributed by atoms with Crippen molar-refractivity contribution >= 4 is 41.5 Å². The molecule has 1 aromatic rings. The molecule has 3 rings (SSSR count). The van der Waals surface area contributed by atoms with Gasteiger partial charge in [-0.25, -0.2) is 9.98 Å². The molecular formula is C17H26ClIN4O. The minimum absolute atomic E-state index is 0. The van der Waals surface area contributed by atoms with E-state index in [1.165, 1.54) is 25.7 Å². The van der Waals surface area contributed by atoms with Gasteiger partial charge >= 0.3 is 0 Å². The third kappa shape index (κ3) is 4.65. The zero-order valence-electron chi connectivity index (χ0n) is 14.1. The van der Waals surface area contributed by atoms with Crippen molar-refractivity contribution < 1.29 is 4.74 Å². The van der Waals surface area contributed by atoms with E-state index in [2.05, 4.69) is 22.1 Å². The zero-order valence-corrected chi connectivity index (χ0v) is 17.2. The molecule has 1 N–H and O–H groups in total. The van der Waals surface area contributed by atoms with Crippen LogP contribution in [0.25, 0.3) is 0 Å². The Morgan fingerprint density at radius 3 is 2.92 bits per heavy atom. The van der Waals surface area contributed by atoms with Crippen molar-refractivity contribution in [3.05, 3.63) is 23.4 Å². The number of ether oxygens (including phenoxy) is 1. The summed E-state index contributed by atoms with van der Waals surface area (Å²) in [6.07, 6.45) is 7.13. The van der Waals surface area contributed by atoms with Gasteiger partial charge in [-0.3, -0.25) is 0 Å². The number of nitrogens with zero attached hydrogens (tertiary/aromatic N) is 3. The van der Waals surface area contributed by atoms with E-state index in [9.17, 15) is 0 Å². The van der Waals surface area contributed by atoms with Crippen molar-refractivity contribution in [2.24, 2.45) is 10.4 Å². The molecule has 0 atom stereocenters. The second-order valence-electron chi connectivity index (χ2n) is 6.40. The second kappa shape index (κ2) is 9.08. The Morgan fingerprint density at radius 2 is 2.29 bits per heavy atom. The normalized spacial score (nSPS) is 18.9. The van der Waals surface area contributed by atoms with Crippen LogP contribution >= 0.6 is 35.6 Å². The Labute approximate surface area is 166 Å². The highest BCUT2D eigenvalue weighted by molar-refractivity contribution is 14.0. The number of aromatic nitrogens is 1. The number of rotatable bonds is 5. The van der Waals surface area contributed by atoms with Gasteiger partial charge in [0.05, 0.1) is 6.54 Å². The summed E-state index contributed by atoms with van der Waals surface area (Å²) in [6, 6.07) is 3.57. The van der Waals surface area contributed by atoms with Crippen molar-refractivity contribution in [2.45, 2.75) is 32.6 Å². The Kier molecular flexibility index (Phi) is 7.40. The zero-order chi connectivity index (χ0) is 16.1. The molecule has 0 amide bonds. The summed E-state index contributed by atoms with van der Waals surface area (Å²) >= 11 is 6.03. The van der Waals surface area contributed by atoms with Gasteiger partial charge in [0, 0.05) is 25.8 Å². The summed E-state index contributed by atoms with van der Waals surface area (Å²) in [5, 5.41) is 3.94. The molecular weight excluding hydrogens is 439 g/mol. The average Bonchev–Trinajstić information content (AvgIpc) is 2.98. The highest BCUT2D eigenvalue weighted by Gasteiger charge is 2.43. The summed E-state index contributed by atoms with van der Waals surface area (Å²) in [5.41, 5.74) is 0.578. The summed E-state index contributed by atoms with van der Waals surface area (Å²) in [4.78, 5) is 11.2. The molecule has 134 valence electrons. The van der Waals surface area contributed by atoms with Gasteiger partial charge in [-0.1, -0.05) is 18.0 Å². The monoisotopic (exact) mass is 464 g/mol. The largest absolute Gasteiger partial charge is 0.475 e. The van der Waals surface area contributed by atoms with Crippen LogP contribution in [0.15, 0.2) is 23.3 Å². The predicted molar refractivity (Wildman–Crippen MR) is 109 cm³/mol. The third-order valence-electron chi connectivity index (χ3n) is 4.80. The Bertz CT molecular complexity index is 565. The first-order chi connectivity index (χ1) is 11.2. The Hall–Kier alpha value is -0.760. The SMILES string of the molecule is CCNC(=NCCOc1ncccc1Cl)N1CCC2(CCC2)C1.I. The second-order valence-corrected chi connectivity index (χ2v) is 6.81. The predicted octanol–water partition coefficient (Wildman–Crippen LogP) is 3.57. The number of aliphatic imine (C=N–C) groups is 1. The van der Waals surface area contributed by atoms with Crippen LogP contribution < -0.4 is 10.1 Å². The van der Waals surface area contributed by atoms with Crippen molar-refractivity contribution in [1.29, 1.82) is 0 Å². The lowest BCUT2D eigenvalue weighted by Crippen LogP contribution is -2.42. The molecule has 2 fully saturated rings. The third-order valence-corrected chi connectivity index (χ3v) is 5.09. The Balaban J connectivity index is 0.00000208. The van der Waals surface area contributed by atoms with E-state index in [0.29, 0.717) is 29.5 Å². The molecule has 0 bridgehead atoms. The molecule has 24 heavy (non-hydrogen) atoms. The molecule has 1 aromatic heterocycles. The summed E-state index contributed by atoms with van der Waals surface area (Å²) in [5.74, 6) is 1.48. The maximum atomic E-state index is 6.03. The smallest absolute Gasteiger partial charge is 0.232 e. The molecule has 2 heterocycles. The van der Waals surface area contributed by atoms with Crippen LogP contribution in [-0.4, -0.2) is 48.6 Å². The van der Waals surface area contributed by atoms with Crippen molar-refractivity contribution in [1.82, 2.24) is 15.2 Å². The first kappa shape index (κ1) is 19.6. The first-order valence-corrected chi connectivity index (χ1v) is 8.87. The number of pyridine rings is 1. The highest BCUT2D eigenvalue weighted by atomic mass is 127. The number of likely N-dealkylation sites (tertiary alicyclic amines) is 1. The van der Waals surface area contributed by atoms with Gasteiger partial charge in [0.1, 0.15) is 11.6 Å². The van der Waals surface area contributed by atoms with Crippen LogP contribution in [0.2, 0.25) is 5.02 Å². The minimum atomic E-state index is 0. The van der Waals surface area contributed by atoms with Gasteiger partial charge in [0.15, 0.2) is 5.96 Å². The Morgan fingerprint density at radius 1 is 1.46 bits per heavy atom. The number of guanidine groups is 1. The maximum absolute atomic E-state index is 6.03. The van der Waals surface area contributed by atoms with Gasteiger partial charge in [-0.2, -0.15) is 0 Å². The lowest BCUT2D eigenvalue weighted by atomic mass is 9.68. The van der Waals surface area contributed by atoms with Gasteiger partial charge in [-0.05, 0) is 43.7 Å². The van der Waals surface area contributed by atoms with Crippen LogP contribution in [0.1, 0.15) is 32.6 Å². The number of hydrogen-bond acceptors (Lipinski definition) is 3. The summed E-state index contributed by atoms with van der Waals surface area (Å²) in [6.45, 7) is 6.32. The molecule has 1 aliphatic carbocycles. The fourth-order valence-electron chi connectivity index (χ4n) is 3.40. The molecule has 1 aliphatic heterocycles. The topological polar surface area (TPSA) is 49.8 Å². The quantitative estimate of drug-likeness (QED) is 0.313. The molecule has 0 aromatic carbocycles. The van der Waals surface area contributed by atoms with Crippen LogP contribution in [0.4, 0.5) is 0 Å². The van der Waals surface area contributed by atoms with E-state index in [1.54, 1.807) is 18.3 Å². The first-order valence-electron chi connectivity index (χ1n) is 8.49. The molecule has 1 spiro atoms. The summed E-state index contributed by atoms with van der Waals surface area (Å²) < 4.78 is 5.60. The van der Waals surface area contributed by atoms with E-state index in [-0.39, 0.29) is 24.0 Å². The molecule has 1 saturated heterocycles. The molecule has 0 radical (unpaired) electrons. The molecule has 1 saturated carbocycles. The number of halogens is 2. The molecule has 5 nitrogen and oxygen atoms in total. The minimum Gasteiger partial charge on any atom is -0.475 e. The lowest BCUT2D eigenvalue weighted by Gasteiger charge is -2.38. The molecule has 0 unspecified atom stereocenters. The van der Waals surface area contributed by atoms with E-state index >= 15 is 0 Å². The fraction of sp³-hybridized carbons (Fsp3) is 0.647. The van der Waals surface area contributed by atoms with Crippen LogP contribution in [0, 0.1) is 5.41 Å². The lowest BCUT2D eigenvalue weighted by molar-refractivity contribution is 0.151.